The standard InChI is InChI=1S/C24H33N3O2/c1-18(2)22(25-3)24(29)27(4)21(17-20-13-9-6-10-14-20)23(28)26-16-15-19-11-7-5-8-12-19/h5-14,18,21-22,25H,15-17H2,1-4H3,(H,26,28)/t21-,22-/m0/s1. The second-order valence-electron chi connectivity index (χ2n) is 7.69. The van der Waals surface area contributed by atoms with Gasteiger partial charge in [-0.3, -0.25) is 9.59 Å². The van der Waals surface area contributed by atoms with Gasteiger partial charge in [0, 0.05) is 20.0 Å². The van der Waals surface area contributed by atoms with Gasteiger partial charge in [-0.15, -0.1) is 0 Å². The first-order valence-corrected chi connectivity index (χ1v) is 10.2. The van der Waals surface area contributed by atoms with Gasteiger partial charge in [0.15, 0.2) is 0 Å². The summed E-state index contributed by atoms with van der Waals surface area (Å²) < 4.78 is 0. The summed E-state index contributed by atoms with van der Waals surface area (Å²) in [6.07, 6.45) is 1.24. The molecule has 0 aliphatic rings. The molecule has 0 fully saturated rings. The van der Waals surface area contributed by atoms with Crippen LogP contribution in [0.1, 0.15) is 25.0 Å². The number of carbonyl (C=O) groups excluding carboxylic acids is 2. The minimum absolute atomic E-state index is 0.0679. The molecule has 0 radical (unpaired) electrons. The molecular weight excluding hydrogens is 362 g/mol. The van der Waals surface area contributed by atoms with E-state index in [0.717, 1.165) is 12.0 Å². The molecule has 0 saturated heterocycles. The first-order valence-electron chi connectivity index (χ1n) is 10.2. The van der Waals surface area contributed by atoms with Crippen molar-refractivity contribution >= 4 is 11.8 Å². The van der Waals surface area contributed by atoms with E-state index in [1.807, 2.05) is 74.5 Å². The van der Waals surface area contributed by atoms with E-state index in [1.54, 1.807) is 19.0 Å². The molecule has 2 atom stereocenters. The van der Waals surface area contributed by atoms with Gasteiger partial charge in [0.2, 0.25) is 11.8 Å². The molecule has 0 aromatic heterocycles. The molecule has 29 heavy (non-hydrogen) atoms. The lowest BCUT2D eigenvalue weighted by atomic mass is 9.99. The van der Waals surface area contributed by atoms with Gasteiger partial charge < -0.3 is 15.5 Å². The highest BCUT2D eigenvalue weighted by Gasteiger charge is 2.31. The van der Waals surface area contributed by atoms with Crippen molar-refractivity contribution in [2.75, 3.05) is 20.6 Å². The van der Waals surface area contributed by atoms with Crippen LogP contribution in [0, 0.1) is 5.92 Å². The molecule has 0 heterocycles. The fraction of sp³-hybridized carbons (Fsp3) is 0.417. The van der Waals surface area contributed by atoms with Crippen molar-refractivity contribution in [3.05, 3.63) is 71.8 Å². The summed E-state index contributed by atoms with van der Waals surface area (Å²) in [5.74, 6) is -0.0608. The highest BCUT2D eigenvalue weighted by molar-refractivity contribution is 5.90. The van der Waals surface area contributed by atoms with Crippen molar-refractivity contribution in [3.8, 4) is 0 Å². The number of nitrogens with zero attached hydrogens (tertiary/aromatic N) is 1. The number of carbonyl (C=O) groups is 2. The van der Waals surface area contributed by atoms with E-state index in [-0.39, 0.29) is 23.8 Å². The number of nitrogens with one attached hydrogen (secondary N) is 2. The zero-order chi connectivity index (χ0) is 21.2. The smallest absolute Gasteiger partial charge is 0.243 e. The van der Waals surface area contributed by atoms with Crippen LogP contribution in [0.3, 0.4) is 0 Å². The maximum absolute atomic E-state index is 13.0. The van der Waals surface area contributed by atoms with E-state index in [4.69, 9.17) is 0 Å². The summed E-state index contributed by atoms with van der Waals surface area (Å²) in [5, 5.41) is 6.10. The van der Waals surface area contributed by atoms with Crippen molar-refractivity contribution in [2.24, 2.45) is 5.92 Å². The average molecular weight is 396 g/mol. The van der Waals surface area contributed by atoms with Crippen molar-refractivity contribution in [1.29, 1.82) is 0 Å². The SMILES string of the molecule is CN[C@H](C(=O)N(C)[C@@H](Cc1ccccc1)C(=O)NCCc1ccccc1)C(C)C. The van der Waals surface area contributed by atoms with Crippen LogP contribution in [-0.4, -0.2) is 49.4 Å². The van der Waals surface area contributed by atoms with E-state index < -0.39 is 6.04 Å². The topological polar surface area (TPSA) is 61.4 Å². The second-order valence-corrected chi connectivity index (χ2v) is 7.69. The lowest BCUT2D eigenvalue weighted by Crippen LogP contribution is -2.55. The number of benzene rings is 2. The molecule has 156 valence electrons. The molecule has 5 heteroatoms. The molecule has 2 aromatic rings. The van der Waals surface area contributed by atoms with Gasteiger partial charge in [0.25, 0.3) is 0 Å². The van der Waals surface area contributed by atoms with E-state index >= 15 is 0 Å². The molecule has 0 bridgehead atoms. The van der Waals surface area contributed by atoms with Gasteiger partial charge in [-0.2, -0.15) is 0 Å². The second kappa shape index (κ2) is 11.4. The van der Waals surface area contributed by atoms with Crippen LogP contribution in [-0.2, 0) is 22.4 Å². The first-order chi connectivity index (χ1) is 13.9. The fourth-order valence-electron chi connectivity index (χ4n) is 3.45. The van der Waals surface area contributed by atoms with Gasteiger partial charge >= 0.3 is 0 Å². The summed E-state index contributed by atoms with van der Waals surface area (Å²) in [6, 6.07) is 19.0. The Balaban J connectivity index is 2.10. The van der Waals surface area contributed by atoms with Crippen LogP contribution in [0.5, 0.6) is 0 Å². The highest BCUT2D eigenvalue weighted by atomic mass is 16.2. The molecule has 0 unspecified atom stereocenters. The number of hydrogen-bond acceptors (Lipinski definition) is 3. The summed E-state index contributed by atoms with van der Waals surface area (Å²) >= 11 is 0. The lowest BCUT2D eigenvalue weighted by Gasteiger charge is -2.32. The molecule has 2 amide bonds. The van der Waals surface area contributed by atoms with Crippen LogP contribution in [0.4, 0.5) is 0 Å². The average Bonchev–Trinajstić information content (AvgIpc) is 2.73. The minimum atomic E-state index is -0.560. The van der Waals surface area contributed by atoms with E-state index in [1.165, 1.54) is 5.56 Å². The number of amides is 2. The molecule has 2 N–H and O–H groups in total. The van der Waals surface area contributed by atoms with E-state index in [2.05, 4.69) is 10.6 Å². The summed E-state index contributed by atoms with van der Waals surface area (Å²) in [7, 11) is 3.50. The minimum Gasteiger partial charge on any atom is -0.354 e. The quantitative estimate of drug-likeness (QED) is 0.650. The van der Waals surface area contributed by atoms with Crippen LogP contribution in [0.25, 0.3) is 0 Å². The number of likely N-dealkylation sites (N-methyl/N-ethyl adjacent to an activating group) is 2. The zero-order valence-corrected chi connectivity index (χ0v) is 17.9. The Morgan fingerprint density at radius 2 is 1.48 bits per heavy atom. The monoisotopic (exact) mass is 395 g/mol. The summed E-state index contributed by atoms with van der Waals surface area (Å²) in [4.78, 5) is 27.7. The summed E-state index contributed by atoms with van der Waals surface area (Å²) in [6.45, 7) is 4.54. The first kappa shape index (κ1) is 22.6. The Morgan fingerprint density at radius 1 is 0.931 bits per heavy atom. The molecule has 0 spiro atoms. The maximum atomic E-state index is 13.0. The van der Waals surface area contributed by atoms with Crippen molar-refractivity contribution in [2.45, 2.75) is 38.8 Å². The van der Waals surface area contributed by atoms with Crippen molar-refractivity contribution < 1.29 is 9.59 Å². The predicted octanol–water partition coefficient (Wildman–Crippen LogP) is 2.66. The Kier molecular flexibility index (Phi) is 8.87. The predicted molar refractivity (Wildman–Crippen MR) is 118 cm³/mol. The molecule has 5 nitrogen and oxygen atoms in total. The third-order valence-electron chi connectivity index (χ3n) is 5.19. The normalized spacial score (nSPS) is 13.0. The van der Waals surface area contributed by atoms with Gasteiger partial charge in [0.05, 0.1) is 6.04 Å². The maximum Gasteiger partial charge on any atom is 0.243 e. The van der Waals surface area contributed by atoms with Crippen LogP contribution in [0.2, 0.25) is 0 Å². The number of hydrogen-bond donors (Lipinski definition) is 2. The lowest BCUT2D eigenvalue weighted by molar-refractivity contribution is -0.141. The van der Waals surface area contributed by atoms with E-state index in [9.17, 15) is 9.59 Å². The van der Waals surface area contributed by atoms with Crippen molar-refractivity contribution in [1.82, 2.24) is 15.5 Å². The van der Waals surface area contributed by atoms with Crippen LogP contribution in [0.15, 0.2) is 60.7 Å². The van der Waals surface area contributed by atoms with Crippen LogP contribution < -0.4 is 10.6 Å². The highest BCUT2D eigenvalue weighted by Crippen LogP contribution is 2.13. The molecule has 2 rings (SSSR count). The number of rotatable bonds is 10. The third kappa shape index (κ3) is 6.71. The third-order valence-corrected chi connectivity index (χ3v) is 5.19. The Morgan fingerprint density at radius 3 is 2.00 bits per heavy atom. The molecular formula is C24H33N3O2. The molecule has 2 aromatic carbocycles. The Bertz CT molecular complexity index is 762. The Labute approximate surface area is 174 Å². The van der Waals surface area contributed by atoms with Crippen molar-refractivity contribution in [3.63, 3.8) is 0 Å². The molecule has 0 saturated carbocycles. The van der Waals surface area contributed by atoms with Gasteiger partial charge in [-0.25, -0.2) is 0 Å². The van der Waals surface area contributed by atoms with Crippen LogP contribution >= 0.6 is 0 Å². The Hall–Kier alpha value is -2.66. The van der Waals surface area contributed by atoms with Gasteiger partial charge in [-0.05, 0) is 30.5 Å². The van der Waals surface area contributed by atoms with Gasteiger partial charge in [0.1, 0.15) is 6.04 Å². The zero-order valence-electron chi connectivity index (χ0n) is 17.9. The largest absolute Gasteiger partial charge is 0.354 e. The summed E-state index contributed by atoms with van der Waals surface area (Å²) in [5.41, 5.74) is 2.20. The molecule has 0 aliphatic heterocycles. The molecule has 0 aliphatic carbocycles. The van der Waals surface area contributed by atoms with E-state index in [0.29, 0.717) is 13.0 Å². The fourth-order valence-corrected chi connectivity index (χ4v) is 3.45. The van der Waals surface area contributed by atoms with Gasteiger partial charge in [-0.1, -0.05) is 74.5 Å².